The lowest BCUT2D eigenvalue weighted by molar-refractivity contribution is 0.588. The number of nitrogens with two attached hydrogens (primary N) is 1. The van der Waals surface area contributed by atoms with E-state index in [0.29, 0.717) is 24.1 Å². The van der Waals surface area contributed by atoms with Crippen molar-refractivity contribution >= 4 is 11.0 Å². The number of hydrogen-bond acceptors (Lipinski definition) is 2. The minimum Gasteiger partial charge on any atom is -0.464 e. The minimum atomic E-state index is -0.207. The number of hydrogen-bond donors (Lipinski definition) is 1. The van der Waals surface area contributed by atoms with Crippen molar-refractivity contribution in [2.24, 2.45) is 5.73 Å². The molecule has 2 N–H and O–H groups in total. The quantitative estimate of drug-likeness (QED) is 0.813. The SMILES string of the molecule is NCCCc1cc2ccoc2cc1F. The second-order valence-corrected chi connectivity index (χ2v) is 3.29. The Hall–Kier alpha value is -1.35. The van der Waals surface area contributed by atoms with Gasteiger partial charge in [-0.3, -0.25) is 0 Å². The van der Waals surface area contributed by atoms with E-state index in [1.54, 1.807) is 6.26 Å². The topological polar surface area (TPSA) is 39.2 Å². The van der Waals surface area contributed by atoms with E-state index in [0.717, 1.165) is 11.8 Å². The van der Waals surface area contributed by atoms with Gasteiger partial charge in [0.15, 0.2) is 0 Å². The molecule has 3 heteroatoms. The predicted molar refractivity (Wildman–Crippen MR) is 53.5 cm³/mol. The highest BCUT2D eigenvalue weighted by Gasteiger charge is 2.05. The van der Waals surface area contributed by atoms with Gasteiger partial charge < -0.3 is 10.2 Å². The van der Waals surface area contributed by atoms with Gasteiger partial charge in [-0.15, -0.1) is 0 Å². The highest BCUT2D eigenvalue weighted by atomic mass is 19.1. The molecule has 2 rings (SSSR count). The van der Waals surface area contributed by atoms with Gasteiger partial charge in [-0.05, 0) is 37.1 Å². The molecule has 74 valence electrons. The zero-order valence-electron chi connectivity index (χ0n) is 7.79. The fourth-order valence-electron chi connectivity index (χ4n) is 1.52. The van der Waals surface area contributed by atoms with E-state index < -0.39 is 0 Å². The summed E-state index contributed by atoms with van der Waals surface area (Å²) in [6.45, 7) is 0.586. The normalized spacial score (nSPS) is 11.0. The van der Waals surface area contributed by atoms with E-state index >= 15 is 0 Å². The van der Waals surface area contributed by atoms with Gasteiger partial charge in [0.05, 0.1) is 6.26 Å². The van der Waals surface area contributed by atoms with E-state index in [2.05, 4.69) is 0 Å². The Kier molecular flexibility index (Phi) is 2.50. The summed E-state index contributed by atoms with van der Waals surface area (Å²) in [7, 11) is 0. The van der Waals surface area contributed by atoms with Crippen LogP contribution in [0.25, 0.3) is 11.0 Å². The molecule has 1 aromatic heterocycles. The lowest BCUT2D eigenvalue weighted by Gasteiger charge is -2.01. The third kappa shape index (κ3) is 1.63. The van der Waals surface area contributed by atoms with Crippen molar-refractivity contribution in [3.63, 3.8) is 0 Å². The molecule has 2 aromatic rings. The maximum absolute atomic E-state index is 13.4. The van der Waals surface area contributed by atoms with Gasteiger partial charge >= 0.3 is 0 Å². The lowest BCUT2D eigenvalue weighted by Crippen LogP contribution is -2.01. The summed E-state index contributed by atoms with van der Waals surface area (Å²) in [5.41, 5.74) is 6.69. The average molecular weight is 193 g/mol. The molecule has 0 atom stereocenters. The number of aryl methyl sites for hydroxylation is 1. The zero-order chi connectivity index (χ0) is 9.97. The van der Waals surface area contributed by atoms with Crippen molar-refractivity contribution in [3.8, 4) is 0 Å². The van der Waals surface area contributed by atoms with E-state index in [1.807, 2.05) is 12.1 Å². The molecule has 1 aromatic carbocycles. The summed E-state index contributed by atoms with van der Waals surface area (Å²) in [5.74, 6) is -0.207. The second-order valence-electron chi connectivity index (χ2n) is 3.29. The van der Waals surface area contributed by atoms with Gasteiger partial charge in [-0.1, -0.05) is 0 Å². The smallest absolute Gasteiger partial charge is 0.136 e. The highest BCUT2D eigenvalue weighted by molar-refractivity contribution is 5.77. The molecule has 2 nitrogen and oxygen atoms in total. The summed E-state index contributed by atoms with van der Waals surface area (Å²) in [4.78, 5) is 0. The molecule has 0 aliphatic rings. The number of fused-ring (bicyclic) bond motifs is 1. The zero-order valence-corrected chi connectivity index (χ0v) is 7.79. The van der Waals surface area contributed by atoms with Gasteiger partial charge in [-0.2, -0.15) is 0 Å². The Morgan fingerprint density at radius 1 is 1.36 bits per heavy atom. The van der Waals surface area contributed by atoms with Crippen molar-refractivity contribution in [1.82, 2.24) is 0 Å². The molecule has 0 saturated carbocycles. The first-order chi connectivity index (χ1) is 6.81. The highest BCUT2D eigenvalue weighted by Crippen LogP contribution is 2.20. The first kappa shape index (κ1) is 9.21. The number of benzene rings is 1. The van der Waals surface area contributed by atoms with E-state index in [-0.39, 0.29) is 5.82 Å². The van der Waals surface area contributed by atoms with Crippen molar-refractivity contribution < 1.29 is 8.81 Å². The molecule has 0 aliphatic heterocycles. The first-order valence-electron chi connectivity index (χ1n) is 4.67. The Morgan fingerprint density at radius 3 is 3.00 bits per heavy atom. The summed E-state index contributed by atoms with van der Waals surface area (Å²) in [5, 5.41) is 0.943. The van der Waals surface area contributed by atoms with Crippen LogP contribution in [0.1, 0.15) is 12.0 Å². The molecule has 0 saturated heterocycles. The molecule has 0 aliphatic carbocycles. The van der Waals surface area contributed by atoms with Gasteiger partial charge in [-0.25, -0.2) is 4.39 Å². The van der Waals surface area contributed by atoms with E-state index in [1.165, 1.54) is 6.07 Å². The predicted octanol–water partition coefficient (Wildman–Crippen LogP) is 2.46. The average Bonchev–Trinajstić information content (AvgIpc) is 2.61. The Labute approximate surface area is 81.5 Å². The molecule has 0 radical (unpaired) electrons. The van der Waals surface area contributed by atoms with Crippen molar-refractivity contribution in [3.05, 3.63) is 35.8 Å². The minimum absolute atomic E-state index is 0.207. The van der Waals surface area contributed by atoms with Gasteiger partial charge in [0.1, 0.15) is 11.4 Å². The lowest BCUT2D eigenvalue weighted by atomic mass is 10.1. The first-order valence-corrected chi connectivity index (χ1v) is 4.67. The Morgan fingerprint density at radius 2 is 2.21 bits per heavy atom. The van der Waals surface area contributed by atoms with Gasteiger partial charge in [0.2, 0.25) is 0 Å². The molecule has 0 fully saturated rings. The number of furan rings is 1. The Bertz CT molecular complexity index is 436. The van der Waals surface area contributed by atoms with E-state index in [9.17, 15) is 4.39 Å². The molecule has 14 heavy (non-hydrogen) atoms. The van der Waals surface area contributed by atoms with Crippen LogP contribution < -0.4 is 5.73 Å². The molecule has 0 unspecified atom stereocenters. The van der Waals surface area contributed by atoms with Crippen LogP contribution in [0.3, 0.4) is 0 Å². The molecule has 0 spiro atoms. The van der Waals surface area contributed by atoms with Crippen LogP contribution in [0.15, 0.2) is 28.9 Å². The molecule has 0 bridgehead atoms. The van der Waals surface area contributed by atoms with Crippen molar-refractivity contribution in [2.45, 2.75) is 12.8 Å². The summed E-state index contributed by atoms with van der Waals surface area (Å²) in [6, 6.07) is 5.09. The third-order valence-electron chi connectivity index (χ3n) is 2.27. The fraction of sp³-hybridized carbons (Fsp3) is 0.273. The third-order valence-corrected chi connectivity index (χ3v) is 2.27. The monoisotopic (exact) mass is 193 g/mol. The largest absolute Gasteiger partial charge is 0.464 e. The summed E-state index contributed by atoms with van der Waals surface area (Å²) in [6.07, 6.45) is 3.06. The van der Waals surface area contributed by atoms with Crippen LogP contribution in [0, 0.1) is 5.82 Å². The van der Waals surface area contributed by atoms with Crippen LogP contribution in [0.5, 0.6) is 0 Å². The Balaban J connectivity index is 2.38. The second kappa shape index (κ2) is 3.80. The molecular weight excluding hydrogens is 181 g/mol. The van der Waals surface area contributed by atoms with Crippen LogP contribution in [0.2, 0.25) is 0 Å². The van der Waals surface area contributed by atoms with Crippen LogP contribution in [0.4, 0.5) is 4.39 Å². The molecule has 1 heterocycles. The number of halogens is 1. The van der Waals surface area contributed by atoms with Crippen molar-refractivity contribution in [2.75, 3.05) is 6.54 Å². The van der Waals surface area contributed by atoms with Crippen LogP contribution in [-0.2, 0) is 6.42 Å². The number of rotatable bonds is 3. The van der Waals surface area contributed by atoms with Gasteiger partial charge in [0, 0.05) is 11.5 Å². The van der Waals surface area contributed by atoms with Crippen LogP contribution in [-0.4, -0.2) is 6.54 Å². The molecule has 0 amide bonds. The fourth-order valence-corrected chi connectivity index (χ4v) is 1.52. The molecular formula is C11H12FNO. The van der Waals surface area contributed by atoms with Gasteiger partial charge in [0.25, 0.3) is 0 Å². The standard InChI is InChI=1S/C11H12FNO/c12-10-7-11-9(3-5-14-11)6-8(10)2-1-4-13/h3,5-7H,1-2,4,13H2. The van der Waals surface area contributed by atoms with E-state index in [4.69, 9.17) is 10.2 Å². The van der Waals surface area contributed by atoms with Crippen molar-refractivity contribution in [1.29, 1.82) is 0 Å². The van der Waals surface area contributed by atoms with Crippen LogP contribution >= 0.6 is 0 Å². The summed E-state index contributed by atoms with van der Waals surface area (Å²) >= 11 is 0. The maximum atomic E-state index is 13.4. The summed E-state index contributed by atoms with van der Waals surface area (Å²) < 4.78 is 18.5. The maximum Gasteiger partial charge on any atom is 0.136 e.